The molecule has 1 aromatic rings. The molecule has 2 saturated heterocycles. The summed E-state index contributed by atoms with van der Waals surface area (Å²) in [6.07, 6.45) is 11.4. The smallest absolute Gasteiger partial charge is 0.214 e. The second kappa shape index (κ2) is 8.88. The zero-order valence-electron chi connectivity index (χ0n) is 17.5. The lowest BCUT2D eigenvalue weighted by Gasteiger charge is -2.37. The highest BCUT2D eigenvalue weighted by atomic mass is 32.2. The van der Waals surface area contributed by atoms with E-state index in [2.05, 4.69) is 12.1 Å². The van der Waals surface area contributed by atoms with Gasteiger partial charge in [-0.15, -0.1) is 0 Å². The van der Waals surface area contributed by atoms with Gasteiger partial charge in [0.05, 0.1) is 5.75 Å². The van der Waals surface area contributed by atoms with Gasteiger partial charge >= 0.3 is 0 Å². The molecule has 1 unspecified atom stereocenters. The molecule has 2 aliphatic heterocycles. The number of ketones is 1. The van der Waals surface area contributed by atoms with Crippen molar-refractivity contribution in [2.24, 2.45) is 5.92 Å². The van der Waals surface area contributed by atoms with E-state index in [9.17, 15) is 13.2 Å². The first-order valence-electron chi connectivity index (χ1n) is 11.5. The molecule has 4 rings (SSSR count). The fourth-order valence-corrected chi connectivity index (χ4v) is 7.28. The normalized spacial score (nSPS) is 27.4. The van der Waals surface area contributed by atoms with Crippen LogP contribution >= 0.6 is 0 Å². The standard InChI is InChI=1S/C22H34N2O4S/c1-2-3-4-5-6-11-29(26,27)24-18-9-10-19(24)13-16(12-18)14-21(25)20-15-22(28-23-20)17-7-8-17/h15-19H,2-14H2,1H3/t16?,18-,19+. The number of piperidine rings is 1. The molecule has 0 amide bonds. The quantitative estimate of drug-likeness (QED) is 0.382. The molecule has 1 aromatic heterocycles. The average Bonchev–Trinajstić information content (AvgIpc) is 3.34. The molecule has 0 N–H and O–H groups in total. The number of Topliss-reactive ketones (excluding diaryl/α,β-unsaturated/α-hetero) is 1. The predicted molar refractivity (Wildman–Crippen MR) is 111 cm³/mol. The number of carbonyl (C=O) groups excluding carboxylic acids is 1. The minimum absolute atomic E-state index is 0.0391. The Morgan fingerprint density at radius 2 is 1.79 bits per heavy atom. The molecule has 3 heterocycles. The van der Waals surface area contributed by atoms with Crippen molar-refractivity contribution in [1.29, 1.82) is 0 Å². The van der Waals surface area contributed by atoms with Gasteiger partial charge in [-0.05, 0) is 50.9 Å². The molecule has 3 atom stereocenters. The van der Waals surface area contributed by atoms with Crippen LogP contribution in [0.25, 0.3) is 0 Å². The van der Waals surface area contributed by atoms with Gasteiger partial charge in [0.15, 0.2) is 5.78 Å². The average molecular weight is 423 g/mol. The summed E-state index contributed by atoms with van der Waals surface area (Å²) in [7, 11) is -3.19. The summed E-state index contributed by atoms with van der Waals surface area (Å²) >= 11 is 0. The summed E-state index contributed by atoms with van der Waals surface area (Å²) in [6, 6.07) is 1.96. The minimum Gasteiger partial charge on any atom is -0.360 e. The molecule has 0 aromatic carbocycles. The number of hydrogen-bond acceptors (Lipinski definition) is 5. The number of carbonyl (C=O) groups is 1. The molecule has 162 valence electrons. The summed E-state index contributed by atoms with van der Waals surface area (Å²) < 4.78 is 33.0. The molecular weight excluding hydrogens is 388 g/mol. The van der Waals surface area contributed by atoms with Crippen LogP contribution in [0.3, 0.4) is 0 Å². The van der Waals surface area contributed by atoms with E-state index in [1.54, 1.807) is 0 Å². The van der Waals surface area contributed by atoms with E-state index >= 15 is 0 Å². The number of sulfonamides is 1. The van der Waals surface area contributed by atoms with Crippen LogP contribution in [0.4, 0.5) is 0 Å². The fourth-order valence-electron chi connectivity index (χ4n) is 5.21. The third kappa shape index (κ3) is 4.93. The Kier molecular flexibility index (Phi) is 6.44. The lowest BCUT2D eigenvalue weighted by Crippen LogP contribution is -2.47. The molecule has 3 aliphatic rings. The van der Waals surface area contributed by atoms with Gasteiger partial charge in [0.25, 0.3) is 0 Å². The SMILES string of the molecule is CCCCCCCS(=O)(=O)N1[C@@H]2CC[C@H]1CC(CC(=O)c1cc(C3CC3)on1)C2. The predicted octanol–water partition coefficient (Wildman–Crippen LogP) is 4.67. The molecule has 7 heteroatoms. The van der Waals surface area contributed by atoms with Crippen molar-refractivity contribution in [2.75, 3.05) is 5.75 Å². The first-order chi connectivity index (χ1) is 14.0. The van der Waals surface area contributed by atoms with Gasteiger partial charge in [-0.2, -0.15) is 4.31 Å². The number of aromatic nitrogens is 1. The van der Waals surface area contributed by atoms with Gasteiger partial charge in [0.1, 0.15) is 11.5 Å². The van der Waals surface area contributed by atoms with E-state index in [0.717, 1.165) is 63.5 Å². The van der Waals surface area contributed by atoms with Crippen molar-refractivity contribution in [3.05, 3.63) is 17.5 Å². The first-order valence-corrected chi connectivity index (χ1v) is 13.1. The number of rotatable bonds is 11. The largest absolute Gasteiger partial charge is 0.360 e. The highest BCUT2D eigenvalue weighted by Crippen LogP contribution is 2.43. The Balaban J connectivity index is 1.30. The molecule has 6 nitrogen and oxygen atoms in total. The van der Waals surface area contributed by atoms with Crippen molar-refractivity contribution >= 4 is 15.8 Å². The molecule has 1 saturated carbocycles. The second-order valence-electron chi connectivity index (χ2n) is 9.30. The van der Waals surface area contributed by atoms with Crippen LogP contribution in [0.1, 0.15) is 106 Å². The minimum atomic E-state index is -3.19. The number of fused-ring (bicyclic) bond motifs is 2. The van der Waals surface area contributed by atoms with E-state index < -0.39 is 10.0 Å². The molecular formula is C22H34N2O4S. The summed E-state index contributed by atoms with van der Waals surface area (Å²) in [5.74, 6) is 1.86. The van der Waals surface area contributed by atoms with Crippen LogP contribution in [-0.2, 0) is 10.0 Å². The Morgan fingerprint density at radius 3 is 2.45 bits per heavy atom. The third-order valence-electron chi connectivity index (χ3n) is 6.86. The Labute approximate surface area is 174 Å². The number of hydrogen-bond donors (Lipinski definition) is 0. The maximum absolute atomic E-state index is 12.9. The summed E-state index contributed by atoms with van der Waals surface area (Å²) in [6.45, 7) is 2.16. The van der Waals surface area contributed by atoms with Gasteiger partial charge in [0, 0.05) is 30.5 Å². The van der Waals surface area contributed by atoms with E-state index in [1.807, 2.05) is 10.4 Å². The van der Waals surface area contributed by atoms with E-state index in [-0.39, 0.29) is 29.5 Å². The zero-order valence-corrected chi connectivity index (χ0v) is 18.3. The van der Waals surface area contributed by atoms with Crippen LogP contribution in [-0.4, -0.2) is 41.5 Å². The summed E-state index contributed by atoms with van der Waals surface area (Å²) in [5.41, 5.74) is 0.446. The summed E-state index contributed by atoms with van der Waals surface area (Å²) in [4.78, 5) is 12.7. The van der Waals surface area contributed by atoms with Gasteiger partial charge in [-0.1, -0.05) is 37.8 Å². The maximum atomic E-state index is 12.9. The number of nitrogens with zero attached hydrogens (tertiary/aromatic N) is 2. The lowest BCUT2D eigenvalue weighted by molar-refractivity contribution is 0.0916. The Morgan fingerprint density at radius 1 is 1.10 bits per heavy atom. The van der Waals surface area contributed by atoms with E-state index in [1.165, 1.54) is 12.8 Å². The number of unbranched alkanes of at least 4 members (excludes halogenated alkanes) is 4. The zero-order chi connectivity index (χ0) is 20.4. The molecule has 29 heavy (non-hydrogen) atoms. The molecule has 3 fully saturated rings. The fraction of sp³-hybridized carbons (Fsp3) is 0.818. The van der Waals surface area contributed by atoms with Gasteiger partial charge in [0.2, 0.25) is 10.0 Å². The molecule has 0 radical (unpaired) electrons. The summed E-state index contributed by atoms with van der Waals surface area (Å²) in [5, 5.41) is 3.97. The second-order valence-corrected chi connectivity index (χ2v) is 11.3. The van der Waals surface area contributed by atoms with Crippen LogP contribution in [0.5, 0.6) is 0 Å². The van der Waals surface area contributed by atoms with Crippen LogP contribution in [0.2, 0.25) is 0 Å². The molecule has 2 bridgehead atoms. The van der Waals surface area contributed by atoms with Crippen LogP contribution < -0.4 is 0 Å². The van der Waals surface area contributed by atoms with Crippen molar-refractivity contribution in [2.45, 2.75) is 102 Å². The Hall–Kier alpha value is -1.21. The van der Waals surface area contributed by atoms with E-state index in [4.69, 9.17) is 4.52 Å². The maximum Gasteiger partial charge on any atom is 0.214 e. The van der Waals surface area contributed by atoms with Crippen molar-refractivity contribution in [3.8, 4) is 0 Å². The Bertz CT molecular complexity index is 801. The van der Waals surface area contributed by atoms with Crippen molar-refractivity contribution in [3.63, 3.8) is 0 Å². The molecule has 0 spiro atoms. The van der Waals surface area contributed by atoms with Gasteiger partial charge in [-0.3, -0.25) is 4.79 Å². The van der Waals surface area contributed by atoms with Gasteiger partial charge < -0.3 is 4.52 Å². The highest BCUT2D eigenvalue weighted by molar-refractivity contribution is 7.89. The first kappa shape index (κ1) is 21.0. The highest BCUT2D eigenvalue weighted by Gasteiger charge is 2.46. The van der Waals surface area contributed by atoms with Crippen LogP contribution in [0, 0.1) is 5.92 Å². The lowest BCUT2D eigenvalue weighted by atomic mass is 9.87. The van der Waals surface area contributed by atoms with Crippen LogP contribution in [0.15, 0.2) is 10.6 Å². The molecule has 1 aliphatic carbocycles. The van der Waals surface area contributed by atoms with Gasteiger partial charge in [-0.25, -0.2) is 8.42 Å². The third-order valence-corrected chi connectivity index (χ3v) is 8.90. The van der Waals surface area contributed by atoms with Crippen molar-refractivity contribution < 1.29 is 17.7 Å². The van der Waals surface area contributed by atoms with Crippen molar-refractivity contribution in [1.82, 2.24) is 9.46 Å². The van der Waals surface area contributed by atoms with E-state index in [0.29, 0.717) is 18.0 Å². The topological polar surface area (TPSA) is 80.5 Å². The monoisotopic (exact) mass is 422 g/mol.